The first kappa shape index (κ1) is 14.4. The van der Waals surface area contributed by atoms with Gasteiger partial charge in [-0.05, 0) is 25.1 Å². The van der Waals surface area contributed by atoms with Gasteiger partial charge in [0.1, 0.15) is 0 Å². The van der Waals surface area contributed by atoms with Crippen LogP contribution in [0.3, 0.4) is 0 Å². The predicted octanol–water partition coefficient (Wildman–Crippen LogP) is 2.64. The molecule has 4 nitrogen and oxygen atoms in total. The second-order valence-corrected chi connectivity index (χ2v) is 3.75. The zero-order chi connectivity index (χ0) is 13.4. The summed E-state index contributed by atoms with van der Waals surface area (Å²) in [4.78, 5) is 11.3. The van der Waals surface area contributed by atoms with Crippen molar-refractivity contribution in [2.75, 3.05) is 18.5 Å². The summed E-state index contributed by atoms with van der Waals surface area (Å²) in [5.74, 6) is 5.63. The largest absolute Gasteiger partial charge is 0.450 e. The molecule has 0 atom stereocenters. The molecule has 5 heteroatoms. The molecule has 2 N–H and O–H groups in total. The van der Waals surface area contributed by atoms with Gasteiger partial charge < -0.3 is 9.84 Å². The van der Waals surface area contributed by atoms with Crippen molar-refractivity contribution in [3.05, 3.63) is 28.8 Å². The molecule has 0 aliphatic heterocycles. The standard InChI is InChI=1S/C13H14ClNO3/c1-2-18-13(17)15-12-9-11(14)7-6-10(12)5-3-4-8-16/h6-7,9,16H,2,4,8H2,1H3,(H,15,17). The maximum absolute atomic E-state index is 11.3. The van der Waals surface area contributed by atoms with Crippen molar-refractivity contribution in [2.24, 2.45) is 0 Å². The van der Waals surface area contributed by atoms with Crippen LogP contribution in [-0.4, -0.2) is 24.4 Å². The lowest BCUT2D eigenvalue weighted by atomic mass is 10.2. The lowest BCUT2D eigenvalue weighted by Crippen LogP contribution is -2.14. The summed E-state index contributed by atoms with van der Waals surface area (Å²) in [6, 6.07) is 4.98. The normalized spacial score (nSPS) is 9.28. The summed E-state index contributed by atoms with van der Waals surface area (Å²) in [5, 5.41) is 11.7. The van der Waals surface area contributed by atoms with Crippen LogP contribution in [0.15, 0.2) is 18.2 Å². The molecule has 1 aromatic carbocycles. The fraction of sp³-hybridized carbons (Fsp3) is 0.308. The van der Waals surface area contributed by atoms with Gasteiger partial charge in [-0.1, -0.05) is 23.4 Å². The Hall–Kier alpha value is -1.70. The van der Waals surface area contributed by atoms with Crippen molar-refractivity contribution < 1.29 is 14.6 Å². The molecular weight excluding hydrogens is 254 g/mol. The zero-order valence-corrected chi connectivity index (χ0v) is 10.8. The van der Waals surface area contributed by atoms with Gasteiger partial charge in [-0.3, -0.25) is 5.32 Å². The second kappa shape index (κ2) is 7.59. The van der Waals surface area contributed by atoms with Crippen LogP contribution in [0.4, 0.5) is 10.5 Å². The number of anilines is 1. The van der Waals surface area contributed by atoms with Crippen molar-refractivity contribution in [3.8, 4) is 11.8 Å². The summed E-state index contributed by atoms with van der Waals surface area (Å²) in [6.07, 6.45) is -0.174. The first-order valence-electron chi connectivity index (χ1n) is 5.50. The van der Waals surface area contributed by atoms with E-state index in [4.69, 9.17) is 21.4 Å². The minimum atomic E-state index is -0.551. The van der Waals surface area contributed by atoms with Gasteiger partial charge in [0.15, 0.2) is 0 Å². The summed E-state index contributed by atoms with van der Waals surface area (Å²) in [5.41, 5.74) is 1.12. The number of halogens is 1. The smallest absolute Gasteiger partial charge is 0.411 e. The molecule has 0 bridgehead atoms. The third kappa shape index (κ3) is 4.66. The van der Waals surface area contributed by atoms with Crippen LogP contribution < -0.4 is 5.32 Å². The number of carbonyl (C=O) groups is 1. The van der Waals surface area contributed by atoms with E-state index in [0.29, 0.717) is 22.7 Å². The van der Waals surface area contributed by atoms with Crippen molar-refractivity contribution >= 4 is 23.4 Å². The Morgan fingerprint density at radius 1 is 1.56 bits per heavy atom. The van der Waals surface area contributed by atoms with Gasteiger partial charge in [0, 0.05) is 17.0 Å². The topological polar surface area (TPSA) is 58.6 Å². The average Bonchev–Trinajstić information content (AvgIpc) is 2.32. The first-order chi connectivity index (χ1) is 8.67. The zero-order valence-electron chi connectivity index (χ0n) is 10.00. The Morgan fingerprint density at radius 3 is 3.00 bits per heavy atom. The molecule has 0 aliphatic carbocycles. The maximum atomic E-state index is 11.3. The van der Waals surface area contributed by atoms with E-state index < -0.39 is 6.09 Å². The molecule has 0 saturated carbocycles. The summed E-state index contributed by atoms with van der Waals surface area (Å²) in [7, 11) is 0. The molecule has 0 aliphatic rings. The van der Waals surface area contributed by atoms with Crippen molar-refractivity contribution in [3.63, 3.8) is 0 Å². The maximum Gasteiger partial charge on any atom is 0.411 e. The van der Waals surface area contributed by atoms with E-state index in [2.05, 4.69) is 17.2 Å². The molecular formula is C13H14ClNO3. The Kier molecular flexibility index (Phi) is 6.06. The molecule has 0 fully saturated rings. The minimum absolute atomic E-state index is 0.00122. The number of aliphatic hydroxyl groups is 1. The molecule has 0 spiro atoms. The number of ether oxygens (including phenoxy) is 1. The van der Waals surface area contributed by atoms with Gasteiger partial charge in [-0.25, -0.2) is 4.79 Å². The van der Waals surface area contributed by atoms with Crippen LogP contribution in [0, 0.1) is 11.8 Å². The quantitative estimate of drug-likeness (QED) is 0.828. The number of aliphatic hydroxyl groups excluding tert-OH is 1. The van der Waals surface area contributed by atoms with Gasteiger partial charge in [0.2, 0.25) is 0 Å². The van der Waals surface area contributed by atoms with E-state index in [-0.39, 0.29) is 13.2 Å². The van der Waals surface area contributed by atoms with Gasteiger partial charge in [-0.2, -0.15) is 0 Å². The minimum Gasteiger partial charge on any atom is -0.450 e. The van der Waals surface area contributed by atoms with Crippen LogP contribution in [0.1, 0.15) is 18.9 Å². The Balaban J connectivity index is 2.90. The van der Waals surface area contributed by atoms with Crippen LogP contribution in [0.25, 0.3) is 0 Å². The van der Waals surface area contributed by atoms with Crippen LogP contribution >= 0.6 is 11.6 Å². The van der Waals surface area contributed by atoms with E-state index in [9.17, 15) is 4.79 Å². The lowest BCUT2D eigenvalue weighted by molar-refractivity contribution is 0.168. The lowest BCUT2D eigenvalue weighted by Gasteiger charge is -2.07. The number of hydrogen-bond donors (Lipinski definition) is 2. The van der Waals surface area contributed by atoms with Gasteiger partial charge in [0.05, 0.1) is 18.9 Å². The molecule has 1 aromatic rings. The number of amides is 1. The van der Waals surface area contributed by atoms with E-state index in [0.717, 1.165) is 0 Å². The summed E-state index contributed by atoms with van der Waals surface area (Å²) in [6.45, 7) is 2.01. The van der Waals surface area contributed by atoms with Crippen molar-refractivity contribution in [2.45, 2.75) is 13.3 Å². The Morgan fingerprint density at radius 2 is 2.33 bits per heavy atom. The highest BCUT2D eigenvalue weighted by Crippen LogP contribution is 2.20. The van der Waals surface area contributed by atoms with Gasteiger partial charge in [-0.15, -0.1) is 0 Å². The van der Waals surface area contributed by atoms with Crippen LogP contribution in [0.2, 0.25) is 5.02 Å². The number of nitrogens with one attached hydrogen (secondary N) is 1. The highest BCUT2D eigenvalue weighted by Gasteiger charge is 2.06. The summed E-state index contributed by atoms with van der Waals surface area (Å²) >= 11 is 5.86. The van der Waals surface area contributed by atoms with Gasteiger partial charge >= 0.3 is 6.09 Å². The first-order valence-corrected chi connectivity index (χ1v) is 5.88. The molecule has 96 valence electrons. The monoisotopic (exact) mass is 267 g/mol. The van der Waals surface area contributed by atoms with E-state index in [1.54, 1.807) is 25.1 Å². The molecule has 0 saturated heterocycles. The van der Waals surface area contributed by atoms with Crippen LogP contribution in [-0.2, 0) is 4.74 Å². The van der Waals surface area contributed by atoms with Gasteiger partial charge in [0.25, 0.3) is 0 Å². The number of carbonyl (C=O) groups excluding carboxylic acids is 1. The number of rotatable bonds is 3. The van der Waals surface area contributed by atoms with Crippen molar-refractivity contribution in [1.29, 1.82) is 0 Å². The molecule has 1 rings (SSSR count). The highest BCUT2D eigenvalue weighted by atomic mass is 35.5. The van der Waals surface area contributed by atoms with Crippen LogP contribution in [0.5, 0.6) is 0 Å². The molecule has 18 heavy (non-hydrogen) atoms. The Labute approximate surface area is 111 Å². The Bertz CT molecular complexity index is 477. The molecule has 0 aromatic heterocycles. The van der Waals surface area contributed by atoms with E-state index >= 15 is 0 Å². The molecule has 0 unspecified atom stereocenters. The third-order valence-corrected chi connectivity index (χ3v) is 2.19. The van der Waals surface area contributed by atoms with E-state index in [1.165, 1.54) is 0 Å². The molecule has 1 amide bonds. The van der Waals surface area contributed by atoms with Crippen molar-refractivity contribution in [1.82, 2.24) is 0 Å². The predicted molar refractivity (Wildman–Crippen MR) is 70.7 cm³/mol. The van der Waals surface area contributed by atoms with E-state index in [1.807, 2.05) is 0 Å². The fourth-order valence-corrected chi connectivity index (χ4v) is 1.39. The highest BCUT2D eigenvalue weighted by molar-refractivity contribution is 6.31. The summed E-state index contributed by atoms with van der Waals surface area (Å²) < 4.78 is 4.78. The second-order valence-electron chi connectivity index (χ2n) is 3.31. The number of hydrogen-bond acceptors (Lipinski definition) is 3. The number of benzene rings is 1. The third-order valence-electron chi connectivity index (χ3n) is 1.95. The SMILES string of the molecule is CCOC(=O)Nc1cc(Cl)ccc1C#CCCO. The average molecular weight is 268 g/mol. The molecule has 0 heterocycles. The fourth-order valence-electron chi connectivity index (χ4n) is 1.22. The molecule has 0 radical (unpaired) electrons.